The second kappa shape index (κ2) is 14.4. The molecule has 6 nitrogen and oxygen atoms in total. The van der Waals surface area contributed by atoms with E-state index in [9.17, 15) is 5.11 Å². The van der Waals surface area contributed by atoms with Gasteiger partial charge in [-0.05, 0) is 61.4 Å². The van der Waals surface area contributed by atoms with E-state index in [-0.39, 0.29) is 5.92 Å². The average Bonchev–Trinajstić information content (AvgIpc) is 3.30. The van der Waals surface area contributed by atoms with E-state index in [0.29, 0.717) is 25.7 Å². The van der Waals surface area contributed by atoms with Crippen LogP contribution in [0.3, 0.4) is 0 Å². The van der Waals surface area contributed by atoms with Crippen molar-refractivity contribution in [3.63, 3.8) is 0 Å². The topological polar surface area (TPSA) is 66.0 Å². The van der Waals surface area contributed by atoms with Crippen LogP contribution in [0.25, 0.3) is 0 Å². The van der Waals surface area contributed by atoms with Crippen molar-refractivity contribution in [2.24, 2.45) is 5.92 Å². The Hall–Kier alpha value is -2.37. The first kappa shape index (κ1) is 28.2. The lowest BCUT2D eigenvalue weighted by Gasteiger charge is -2.22. The highest BCUT2D eigenvalue weighted by Gasteiger charge is 2.25. The number of likely N-dealkylation sites (tertiary alicyclic amines) is 1. The molecular weight excluding hydrogens is 470 g/mol. The third-order valence-corrected chi connectivity index (χ3v) is 7.23. The fourth-order valence-corrected chi connectivity index (χ4v) is 5.08. The van der Waals surface area contributed by atoms with Gasteiger partial charge in [0.05, 0.1) is 32.1 Å². The fraction of sp³-hybridized carbons (Fsp3) is 0.517. The van der Waals surface area contributed by atoms with Gasteiger partial charge in [-0.1, -0.05) is 30.9 Å². The lowest BCUT2D eigenvalue weighted by molar-refractivity contribution is 0.0427. The molecule has 0 aliphatic carbocycles. The number of thioether (sulfide) groups is 1. The number of nitrogens with one attached hydrogen (secondary N) is 2. The molecule has 3 atom stereocenters. The zero-order chi connectivity index (χ0) is 25.9. The van der Waals surface area contributed by atoms with Gasteiger partial charge < -0.3 is 25.2 Å². The molecule has 3 unspecified atom stereocenters. The van der Waals surface area contributed by atoms with Crippen molar-refractivity contribution in [3.8, 4) is 17.6 Å². The molecule has 0 bridgehead atoms. The molecule has 1 fully saturated rings. The van der Waals surface area contributed by atoms with E-state index in [1.807, 2.05) is 12.1 Å². The molecule has 0 saturated carbocycles. The van der Waals surface area contributed by atoms with Crippen LogP contribution >= 0.6 is 11.8 Å². The van der Waals surface area contributed by atoms with Gasteiger partial charge >= 0.3 is 0 Å². The number of aliphatic hydroxyl groups excluding tert-OH is 1. The smallest absolute Gasteiger partial charge is 0.143 e. The van der Waals surface area contributed by atoms with E-state index in [0.717, 1.165) is 37.4 Å². The SMILES string of the molecule is COCC(O)CN1CCC(Nc2cccc(C)c2CC(C)C#CCNc2ccc(SC)cc2OC)C1. The second-order valence-electron chi connectivity index (χ2n) is 9.45. The van der Waals surface area contributed by atoms with Crippen LogP contribution in [0.15, 0.2) is 41.3 Å². The third kappa shape index (κ3) is 8.35. The van der Waals surface area contributed by atoms with E-state index >= 15 is 0 Å². The molecule has 0 radical (unpaired) electrons. The highest BCUT2D eigenvalue weighted by atomic mass is 32.2. The number of hydrogen-bond acceptors (Lipinski definition) is 7. The number of ether oxygens (including phenoxy) is 2. The summed E-state index contributed by atoms with van der Waals surface area (Å²) in [6.07, 6.45) is 3.59. The lowest BCUT2D eigenvalue weighted by atomic mass is 9.95. The van der Waals surface area contributed by atoms with Crippen LogP contribution < -0.4 is 15.4 Å². The highest BCUT2D eigenvalue weighted by Crippen LogP contribution is 2.29. The van der Waals surface area contributed by atoms with Gasteiger partial charge in [0.15, 0.2) is 0 Å². The van der Waals surface area contributed by atoms with E-state index in [2.05, 4.69) is 71.7 Å². The van der Waals surface area contributed by atoms with Gasteiger partial charge in [-0.2, -0.15) is 0 Å². The van der Waals surface area contributed by atoms with Crippen molar-refractivity contribution >= 4 is 23.1 Å². The van der Waals surface area contributed by atoms with Crippen molar-refractivity contribution in [1.82, 2.24) is 4.90 Å². The number of aliphatic hydroxyl groups is 1. The number of aryl methyl sites for hydroxylation is 1. The van der Waals surface area contributed by atoms with Crippen molar-refractivity contribution in [2.75, 3.05) is 63.9 Å². The van der Waals surface area contributed by atoms with Crippen LogP contribution in [0.4, 0.5) is 11.4 Å². The summed E-state index contributed by atoms with van der Waals surface area (Å²) in [6, 6.07) is 13.0. The van der Waals surface area contributed by atoms with Crippen molar-refractivity contribution in [2.45, 2.75) is 43.7 Å². The molecule has 1 saturated heterocycles. The molecule has 7 heteroatoms. The van der Waals surface area contributed by atoms with Gasteiger partial charge in [0.1, 0.15) is 5.75 Å². The molecule has 36 heavy (non-hydrogen) atoms. The molecule has 2 aromatic carbocycles. The Labute approximate surface area is 221 Å². The van der Waals surface area contributed by atoms with E-state index in [4.69, 9.17) is 9.47 Å². The second-order valence-corrected chi connectivity index (χ2v) is 10.3. The summed E-state index contributed by atoms with van der Waals surface area (Å²) in [5.41, 5.74) is 4.78. The Kier molecular flexibility index (Phi) is 11.3. The van der Waals surface area contributed by atoms with Gasteiger partial charge in [-0.25, -0.2) is 0 Å². The van der Waals surface area contributed by atoms with Crippen LogP contribution in [0, 0.1) is 24.7 Å². The first-order valence-electron chi connectivity index (χ1n) is 12.6. The maximum atomic E-state index is 10.1. The van der Waals surface area contributed by atoms with Crippen molar-refractivity contribution in [1.29, 1.82) is 0 Å². The summed E-state index contributed by atoms with van der Waals surface area (Å²) in [5.74, 6) is 7.79. The molecule has 1 heterocycles. The van der Waals surface area contributed by atoms with Crippen molar-refractivity contribution < 1.29 is 14.6 Å². The van der Waals surface area contributed by atoms with E-state index in [1.54, 1.807) is 26.0 Å². The number of rotatable bonds is 12. The number of hydrogen-bond donors (Lipinski definition) is 3. The Morgan fingerprint density at radius 1 is 1.22 bits per heavy atom. The van der Waals surface area contributed by atoms with Crippen LogP contribution in [0.1, 0.15) is 24.5 Å². The number of methoxy groups -OCH3 is 2. The Morgan fingerprint density at radius 3 is 2.81 bits per heavy atom. The molecule has 0 aromatic heterocycles. The van der Waals surface area contributed by atoms with Gasteiger partial charge in [0.25, 0.3) is 0 Å². The summed E-state index contributed by atoms with van der Waals surface area (Å²) < 4.78 is 10.6. The lowest BCUT2D eigenvalue weighted by Crippen LogP contribution is -2.34. The molecule has 0 spiro atoms. The number of anilines is 2. The average molecular weight is 512 g/mol. The maximum Gasteiger partial charge on any atom is 0.143 e. The molecule has 1 aliphatic heterocycles. The zero-order valence-corrected chi connectivity index (χ0v) is 23.1. The number of β-amino-alcohol motifs (C(OH)–C–C–N with tert-alkyl or cyclic N) is 1. The summed E-state index contributed by atoms with van der Waals surface area (Å²) in [7, 11) is 3.32. The van der Waals surface area contributed by atoms with Gasteiger partial charge in [-0.15, -0.1) is 11.8 Å². The number of benzene rings is 2. The molecule has 3 N–H and O–H groups in total. The largest absolute Gasteiger partial charge is 0.495 e. The highest BCUT2D eigenvalue weighted by molar-refractivity contribution is 7.98. The van der Waals surface area contributed by atoms with E-state index < -0.39 is 6.10 Å². The van der Waals surface area contributed by atoms with Crippen molar-refractivity contribution in [3.05, 3.63) is 47.5 Å². The Morgan fingerprint density at radius 2 is 2.06 bits per heavy atom. The molecule has 1 aliphatic rings. The first-order chi connectivity index (χ1) is 17.4. The minimum absolute atomic E-state index is 0.235. The quantitative estimate of drug-likeness (QED) is 0.286. The van der Waals surface area contributed by atoms with Crippen LogP contribution in [-0.4, -0.2) is 75.4 Å². The van der Waals surface area contributed by atoms with Crippen LogP contribution in [-0.2, 0) is 11.2 Å². The third-order valence-electron chi connectivity index (χ3n) is 6.50. The predicted molar refractivity (Wildman–Crippen MR) is 151 cm³/mol. The van der Waals surface area contributed by atoms with Crippen LogP contribution in [0.5, 0.6) is 5.75 Å². The predicted octanol–water partition coefficient (Wildman–Crippen LogP) is 4.51. The van der Waals surface area contributed by atoms with Gasteiger partial charge in [0, 0.05) is 49.3 Å². The summed E-state index contributed by atoms with van der Waals surface area (Å²) >= 11 is 1.70. The van der Waals surface area contributed by atoms with Gasteiger partial charge in [0.2, 0.25) is 0 Å². The molecule has 3 rings (SSSR count). The Bertz CT molecular complexity index is 1040. The zero-order valence-electron chi connectivity index (χ0n) is 22.3. The first-order valence-corrected chi connectivity index (χ1v) is 13.8. The molecule has 196 valence electrons. The molecule has 0 amide bonds. The summed E-state index contributed by atoms with van der Waals surface area (Å²) in [6.45, 7) is 7.88. The minimum atomic E-state index is -0.437. The summed E-state index contributed by atoms with van der Waals surface area (Å²) in [5, 5.41) is 17.2. The Balaban J connectivity index is 1.55. The monoisotopic (exact) mass is 511 g/mol. The standard InChI is InChI=1S/C29H41N3O3S/c1-21(8-7-14-30-28-12-11-25(36-5)17-29(28)35-4)16-26-22(2)9-6-10-27(26)31-23-13-15-32(18-23)19-24(33)20-34-3/h6,9-12,17,21,23-24,30-31,33H,13-16,18-20H2,1-5H3. The number of nitrogens with zero attached hydrogens (tertiary/aromatic N) is 1. The molecule has 2 aromatic rings. The van der Waals surface area contributed by atoms with Crippen LogP contribution in [0.2, 0.25) is 0 Å². The summed E-state index contributed by atoms with van der Waals surface area (Å²) in [4.78, 5) is 3.48. The van der Waals surface area contributed by atoms with E-state index in [1.165, 1.54) is 21.7 Å². The fourth-order valence-electron chi connectivity index (χ4n) is 4.65. The molecular formula is C29H41N3O3S. The van der Waals surface area contributed by atoms with Gasteiger partial charge in [-0.3, -0.25) is 4.90 Å². The maximum absolute atomic E-state index is 10.1. The minimum Gasteiger partial charge on any atom is -0.495 e. The normalized spacial score (nSPS) is 17.2.